The highest BCUT2D eigenvalue weighted by molar-refractivity contribution is 6.30. The van der Waals surface area contributed by atoms with E-state index in [2.05, 4.69) is 19.8 Å². The molecule has 0 N–H and O–H groups in total. The Labute approximate surface area is 125 Å². The minimum absolute atomic E-state index is 0.0224. The van der Waals surface area contributed by atoms with Crippen molar-refractivity contribution in [3.05, 3.63) is 46.9 Å². The summed E-state index contributed by atoms with van der Waals surface area (Å²) in [5.74, 6) is -0.272. The van der Waals surface area contributed by atoms with Crippen molar-refractivity contribution in [2.24, 2.45) is 0 Å². The summed E-state index contributed by atoms with van der Waals surface area (Å²) in [6.45, 7) is 1.85. The van der Waals surface area contributed by atoms with Gasteiger partial charge in [0.15, 0.2) is 0 Å². The van der Waals surface area contributed by atoms with Crippen LogP contribution in [-0.4, -0.2) is 32.7 Å². The molecule has 7 heteroatoms. The summed E-state index contributed by atoms with van der Waals surface area (Å²) in [7, 11) is 1.28. The van der Waals surface area contributed by atoms with Crippen LogP contribution in [-0.2, 0) is 4.74 Å². The molecule has 0 unspecified atom stereocenters. The summed E-state index contributed by atoms with van der Waals surface area (Å²) >= 11 is 5.90. The van der Waals surface area contributed by atoms with Crippen LogP contribution in [0.25, 0.3) is 17.0 Å². The zero-order chi connectivity index (χ0) is 15.0. The third kappa shape index (κ3) is 2.45. The number of rotatable bonds is 2. The van der Waals surface area contributed by atoms with Gasteiger partial charge in [0.2, 0.25) is 0 Å². The summed E-state index contributed by atoms with van der Waals surface area (Å²) in [4.78, 5) is 19.9. The molecular weight excluding hydrogens is 292 g/mol. The zero-order valence-corrected chi connectivity index (χ0v) is 12.1. The first-order chi connectivity index (χ1) is 10.1. The van der Waals surface area contributed by atoms with Crippen molar-refractivity contribution < 1.29 is 9.53 Å². The van der Waals surface area contributed by atoms with E-state index in [1.54, 1.807) is 12.1 Å². The number of fused-ring (bicyclic) bond motifs is 1. The van der Waals surface area contributed by atoms with Gasteiger partial charge < -0.3 is 4.74 Å². The fourth-order valence-electron chi connectivity index (χ4n) is 1.99. The number of hydrogen-bond donors (Lipinski definition) is 0. The summed E-state index contributed by atoms with van der Waals surface area (Å²) in [6, 6.07) is 9.19. The maximum atomic E-state index is 11.6. The van der Waals surface area contributed by atoms with Crippen LogP contribution in [0.1, 0.15) is 16.3 Å². The molecule has 0 bridgehead atoms. The Balaban J connectivity index is 2.23. The second-order valence-electron chi connectivity index (χ2n) is 4.43. The maximum absolute atomic E-state index is 11.6. The van der Waals surface area contributed by atoms with Crippen molar-refractivity contribution in [1.29, 1.82) is 0 Å². The van der Waals surface area contributed by atoms with Crippen molar-refractivity contribution in [2.45, 2.75) is 6.92 Å². The van der Waals surface area contributed by atoms with Crippen LogP contribution in [0.3, 0.4) is 0 Å². The molecule has 21 heavy (non-hydrogen) atoms. The highest BCUT2D eigenvalue weighted by Crippen LogP contribution is 2.22. The van der Waals surface area contributed by atoms with Crippen molar-refractivity contribution in [2.75, 3.05) is 7.11 Å². The first-order valence-electron chi connectivity index (χ1n) is 6.17. The summed E-state index contributed by atoms with van der Waals surface area (Å²) in [5, 5.41) is 4.81. The molecule has 2 heterocycles. The zero-order valence-electron chi connectivity index (χ0n) is 11.4. The predicted molar refractivity (Wildman–Crippen MR) is 77.3 cm³/mol. The molecule has 3 rings (SSSR count). The fraction of sp³-hybridized carbons (Fsp3) is 0.143. The number of nitrogens with zero attached hydrogens (tertiary/aromatic N) is 4. The van der Waals surface area contributed by atoms with E-state index in [1.165, 1.54) is 11.6 Å². The summed E-state index contributed by atoms with van der Waals surface area (Å²) < 4.78 is 6.15. The fourth-order valence-corrected chi connectivity index (χ4v) is 2.12. The topological polar surface area (TPSA) is 69.4 Å². The lowest BCUT2D eigenvalue weighted by Gasteiger charge is -2.05. The lowest BCUT2D eigenvalue weighted by molar-refractivity contribution is 0.0587. The Hall–Kier alpha value is -2.47. The van der Waals surface area contributed by atoms with Gasteiger partial charge in [-0.05, 0) is 25.1 Å². The molecule has 0 atom stereocenters. The molecule has 0 spiro atoms. The molecule has 0 fully saturated rings. The second kappa shape index (κ2) is 5.14. The molecule has 0 aliphatic carbocycles. The Morgan fingerprint density at radius 2 is 1.95 bits per heavy atom. The van der Waals surface area contributed by atoms with Crippen LogP contribution in [0, 0.1) is 6.92 Å². The van der Waals surface area contributed by atoms with E-state index in [1.807, 2.05) is 25.1 Å². The molecule has 3 aromatic rings. The Kier molecular flexibility index (Phi) is 3.31. The standard InChI is InChI=1S/C14H11ClN4O2/c1-8-7-11(9-3-5-10(15)6-4-9)19-14(16-8)17-12(18-19)13(20)21-2/h3-7H,1-2H3. The molecular formula is C14H11ClN4O2. The number of benzene rings is 1. The van der Waals surface area contributed by atoms with Gasteiger partial charge in [0.05, 0.1) is 12.8 Å². The first kappa shape index (κ1) is 13.5. The smallest absolute Gasteiger partial charge is 0.378 e. The van der Waals surface area contributed by atoms with Crippen molar-refractivity contribution in [1.82, 2.24) is 19.6 Å². The van der Waals surface area contributed by atoms with Gasteiger partial charge >= 0.3 is 5.97 Å². The van der Waals surface area contributed by atoms with Crippen LogP contribution in [0.2, 0.25) is 5.02 Å². The number of aromatic nitrogens is 4. The van der Waals surface area contributed by atoms with Gasteiger partial charge in [-0.15, -0.1) is 5.10 Å². The Bertz CT molecular complexity index is 827. The number of hydrogen-bond acceptors (Lipinski definition) is 5. The van der Waals surface area contributed by atoms with Gasteiger partial charge in [-0.2, -0.15) is 9.50 Å². The van der Waals surface area contributed by atoms with Crippen LogP contribution in [0.5, 0.6) is 0 Å². The number of halogens is 1. The van der Waals surface area contributed by atoms with Gasteiger partial charge in [0, 0.05) is 16.3 Å². The molecule has 106 valence electrons. The Morgan fingerprint density at radius 1 is 1.24 bits per heavy atom. The molecule has 0 amide bonds. The molecule has 6 nitrogen and oxygen atoms in total. The lowest BCUT2D eigenvalue weighted by Crippen LogP contribution is -2.04. The normalized spacial score (nSPS) is 10.8. The molecule has 0 saturated carbocycles. The van der Waals surface area contributed by atoms with Gasteiger partial charge in [-0.25, -0.2) is 9.78 Å². The third-order valence-electron chi connectivity index (χ3n) is 2.95. The number of aryl methyl sites for hydroxylation is 1. The van der Waals surface area contributed by atoms with Crippen molar-refractivity contribution >= 4 is 23.3 Å². The molecule has 2 aromatic heterocycles. The average Bonchev–Trinajstić information content (AvgIpc) is 2.90. The summed E-state index contributed by atoms with van der Waals surface area (Å²) in [6.07, 6.45) is 0. The molecule has 1 aromatic carbocycles. The number of carbonyl (C=O) groups excluding carboxylic acids is 1. The van der Waals surface area contributed by atoms with E-state index in [-0.39, 0.29) is 5.82 Å². The van der Waals surface area contributed by atoms with Crippen LogP contribution in [0.4, 0.5) is 0 Å². The lowest BCUT2D eigenvalue weighted by atomic mass is 10.1. The Morgan fingerprint density at radius 3 is 2.62 bits per heavy atom. The van der Waals surface area contributed by atoms with E-state index in [0.717, 1.165) is 17.0 Å². The van der Waals surface area contributed by atoms with E-state index < -0.39 is 5.97 Å². The minimum atomic E-state index is -0.597. The van der Waals surface area contributed by atoms with Gasteiger partial charge in [0.25, 0.3) is 11.6 Å². The van der Waals surface area contributed by atoms with Gasteiger partial charge in [0.1, 0.15) is 0 Å². The number of carbonyl (C=O) groups is 1. The van der Waals surface area contributed by atoms with E-state index in [0.29, 0.717) is 10.8 Å². The van der Waals surface area contributed by atoms with Gasteiger partial charge in [-0.3, -0.25) is 0 Å². The minimum Gasteiger partial charge on any atom is -0.463 e. The monoisotopic (exact) mass is 302 g/mol. The number of methoxy groups -OCH3 is 1. The summed E-state index contributed by atoms with van der Waals surface area (Å²) in [5.41, 5.74) is 2.45. The maximum Gasteiger partial charge on any atom is 0.378 e. The van der Waals surface area contributed by atoms with E-state index >= 15 is 0 Å². The first-order valence-corrected chi connectivity index (χ1v) is 6.55. The van der Waals surface area contributed by atoms with Crippen LogP contribution < -0.4 is 0 Å². The van der Waals surface area contributed by atoms with Crippen molar-refractivity contribution in [3.8, 4) is 11.3 Å². The van der Waals surface area contributed by atoms with E-state index in [9.17, 15) is 4.79 Å². The van der Waals surface area contributed by atoms with Gasteiger partial charge in [-0.1, -0.05) is 23.7 Å². The highest BCUT2D eigenvalue weighted by atomic mass is 35.5. The second-order valence-corrected chi connectivity index (χ2v) is 4.86. The van der Waals surface area contributed by atoms with Crippen LogP contribution in [0.15, 0.2) is 30.3 Å². The number of ether oxygens (including phenoxy) is 1. The molecule has 0 aliphatic rings. The molecule has 0 saturated heterocycles. The largest absolute Gasteiger partial charge is 0.463 e. The molecule has 0 aliphatic heterocycles. The SMILES string of the molecule is COC(=O)c1nc2nc(C)cc(-c3ccc(Cl)cc3)n2n1. The van der Waals surface area contributed by atoms with E-state index in [4.69, 9.17) is 11.6 Å². The van der Waals surface area contributed by atoms with Crippen LogP contribution >= 0.6 is 11.6 Å². The quantitative estimate of drug-likeness (QED) is 0.680. The highest BCUT2D eigenvalue weighted by Gasteiger charge is 2.16. The third-order valence-corrected chi connectivity index (χ3v) is 3.20. The average molecular weight is 303 g/mol. The number of esters is 1. The van der Waals surface area contributed by atoms with Crippen molar-refractivity contribution in [3.63, 3.8) is 0 Å². The predicted octanol–water partition coefficient (Wildman–Crippen LogP) is 2.54. The molecule has 0 radical (unpaired) electrons.